The molecule has 150 valence electrons. The average Bonchev–Trinajstić information content (AvgIpc) is 3.14. The van der Waals surface area contributed by atoms with E-state index in [1.54, 1.807) is 11.3 Å². The van der Waals surface area contributed by atoms with Crippen LogP contribution in [0.4, 0.5) is 11.4 Å². The van der Waals surface area contributed by atoms with Crippen LogP contribution in [0.25, 0.3) is 5.69 Å². The number of rotatable bonds is 6. The molecule has 0 fully saturated rings. The summed E-state index contributed by atoms with van der Waals surface area (Å²) in [6.07, 6.45) is 6.87. The minimum absolute atomic E-state index is 0.0248. The number of nitro benzene ring substituents is 1. The molecule has 4 rings (SSSR count). The third kappa shape index (κ3) is 4.15. The summed E-state index contributed by atoms with van der Waals surface area (Å²) in [7, 11) is 0. The Hall–Kier alpha value is -2.78. The number of fused-ring (bicyclic) bond motifs is 1. The highest BCUT2D eigenvalue weighted by atomic mass is 35.5. The monoisotopic (exact) mass is 431 g/mol. The summed E-state index contributed by atoms with van der Waals surface area (Å²) in [5.41, 5.74) is 1.55. The fraction of sp³-hybridized carbons (Fsp3) is 0.316. The van der Waals surface area contributed by atoms with Crippen molar-refractivity contribution in [3.63, 3.8) is 0 Å². The number of halogens is 1. The lowest BCUT2D eigenvalue weighted by Crippen LogP contribution is -2.23. The molecule has 0 unspecified atom stereocenters. The molecular weight excluding hydrogens is 414 g/mol. The number of anilines is 1. The molecular formula is C19H18ClN5O3S. The minimum atomic E-state index is -0.501. The van der Waals surface area contributed by atoms with Crippen molar-refractivity contribution in [1.29, 1.82) is 0 Å². The van der Waals surface area contributed by atoms with Gasteiger partial charge in [0.1, 0.15) is 5.02 Å². The van der Waals surface area contributed by atoms with E-state index in [1.807, 2.05) is 0 Å². The summed E-state index contributed by atoms with van der Waals surface area (Å²) in [5.74, 6) is 0. The molecule has 2 aromatic heterocycles. The van der Waals surface area contributed by atoms with Gasteiger partial charge in [0.25, 0.3) is 11.2 Å². The van der Waals surface area contributed by atoms with Crippen molar-refractivity contribution in [2.45, 2.75) is 32.1 Å². The number of hydrogen-bond donors (Lipinski definition) is 1. The van der Waals surface area contributed by atoms with Gasteiger partial charge in [0, 0.05) is 30.0 Å². The SMILES string of the molecule is O=c1c(Cl)c(NCCc2nc3c(s2)CCCC3)cnn1-c1ccc([N+](=O)[O-])cc1. The molecule has 0 atom stereocenters. The summed E-state index contributed by atoms with van der Waals surface area (Å²) in [6, 6.07) is 5.55. The van der Waals surface area contributed by atoms with Gasteiger partial charge in [0.05, 0.1) is 33.2 Å². The quantitative estimate of drug-likeness (QED) is 0.470. The van der Waals surface area contributed by atoms with E-state index in [9.17, 15) is 14.9 Å². The van der Waals surface area contributed by atoms with Crippen LogP contribution < -0.4 is 10.9 Å². The van der Waals surface area contributed by atoms with E-state index in [-0.39, 0.29) is 10.7 Å². The van der Waals surface area contributed by atoms with E-state index >= 15 is 0 Å². The van der Waals surface area contributed by atoms with E-state index in [4.69, 9.17) is 16.6 Å². The van der Waals surface area contributed by atoms with E-state index < -0.39 is 10.5 Å². The van der Waals surface area contributed by atoms with Crippen LogP contribution >= 0.6 is 22.9 Å². The fourth-order valence-electron chi connectivity index (χ4n) is 3.27. The predicted molar refractivity (Wildman–Crippen MR) is 112 cm³/mol. The number of nitrogens with zero attached hydrogens (tertiary/aromatic N) is 4. The molecule has 1 N–H and O–H groups in total. The Balaban J connectivity index is 1.45. The van der Waals surface area contributed by atoms with Crippen molar-refractivity contribution in [3.8, 4) is 5.69 Å². The maximum Gasteiger partial charge on any atom is 0.292 e. The molecule has 0 spiro atoms. The molecule has 0 amide bonds. The first-order chi connectivity index (χ1) is 14.0. The maximum atomic E-state index is 12.6. The summed E-state index contributed by atoms with van der Waals surface area (Å²) in [5, 5.41) is 19.2. The van der Waals surface area contributed by atoms with Gasteiger partial charge < -0.3 is 5.32 Å². The van der Waals surface area contributed by atoms with Crippen LogP contribution in [0.5, 0.6) is 0 Å². The Morgan fingerprint density at radius 3 is 2.72 bits per heavy atom. The third-order valence-electron chi connectivity index (χ3n) is 4.77. The zero-order chi connectivity index (χ0) is 20.4. The normalized spacial score (nSPS) is 13.1. The molecule has 0 aliphatic heterocycles. The Bertz CT molecular complexity index is 1090. The Morgan fingerprint density at radius 1 is 1.24 bits per heavy atom. The van der Waals surface area contributed by atoms with Crippen molar-refractivity contribution in [3.05, 3.63) is 71.5 Å². The highest BCUT2D eigenvalue weighted by molar-refractivity contribution is 7.11. The first-order valence-electron chi connectivity index (χ1n) is 9.27. The van der Waals surface area contributed by atoms with Crippen molar-refractivity contribution in [1.82, 2.24) is 14.8 Å². The number of thiazole rings is 1. The molecule has 8 nitrogen and oxygen atoms in total. The molecule has 29 heavy (non-hydrogen) atoms. The van der Waals surface area contributed by atoms with Crippen molar-refractivity contribution in [2.24, 2.45) is 0 Å². The van der Waals surface area contributed by atoms with E-state index in [0.717, 1.165) is 29.0 Å². The van der Waals surface area contributed by atoms with Gasteiger partial charge in [-0.1, -0.05) is 11.6 Å². The number of benzene rings is 1. The van der Waals surface area contributed by atoms with Gasteiger partial charge in [-0.2, -0.15) is 9.78 Å². The van der Waals surface area contributed by atoms with Crippen LogP contribution in [0, 0.1) is 10.1 Å². The zero-order valence-corrected chi connectivity index (χ0v) is 17.0. The Labute approximate surface area is 175 Å². The van der Waals surface area contributed by atoms with Crippen LogP contribution in [-0.2, 0) is 19.3 Å². The fourth-order valence-corrected chi connectivity index (χ4v) is 4.62. The third-order valence-corrected chi connectivity index (χ3v) is 6.35. The standard InChI is InChI=1S/C19H18ClN5O3S/c20-18-15(21-10-9-17-23-14-3-1-2-4-16(14)29-17)11-22-24(19(18)26)12-5-7-13(8-6-12)25(27)28/h5-8,11,21H,1-4,9-10H2. The summed E-state index contributed by atoms with van der Waals surface area (Å²) in [6.45, 7) is 0.592. The molecule has 3 aromatic rings. The maximum absolute atomic E-state index is 12.6. The minimum Gasteiger partial charge on any atom is -0.382 e. The van der Waals surface area contributed by atoms with Crippen LogP contribution in [0.2, 0.25) is 5.02 Å². The number of non-ortho nitro benzene ring substituents is 1. The van der Waals surface area contributed by atoms with Gasteiger partial charge in [0.2, 0.25) is 0 Å². The topological polar surface area (TPSA) is 103 Å². The number of aryl methyl sites for hydroxylation is 2. The van der Waals surface area contributed by atoms with Crippen molar-refractivity contribution < 1.29 is 4.92 Å². The second kappa shape index (κ2) is 8.30. The zero-order valence-electron chi connectivity index (χ0n) is 15.4. The summed E-state index contributed by atoms with van der Waals surface area (Å²) in [4.78, 5) is 28.9. The Kier molecular flexibility index (Phi) is 5.59. The lowest BCUT2D eigenvalue weighted by atomic mass is 10.0. The first kappa shape index (κ1) is 19.5. The highest BCUT2D eigenvalue weighted by Crippen LogP contribution is 2.27. The van der Waals surface area contributed by atoms with Gasteiger partial charge >= 0.3 is 0 Å². The van der Waals surface area contributed by atoms with Crippen LogP contribution in [0.15, 0.2) is 35.3 Å². The lowest BCUT2D eigenvalue weighted by molar-refractivity contribution is -0.384. The van der Waals surface area contributed by atoms with E-state index in [1.165, 1.54) is 53.9 Å². The molecule has 0 saturated carbocycles. The van der Waals surface area contributed by atoms with Crippen LogP contribution in [-0.4, -0.2) is 26.2 Å². The van der Waals surface area contributed by atoms with Gasteiger partial charge in [-0.05, 0) is 37.8 Å². The van der Waals surface area contributed by atoms with Crippen LogP contribution in [0.3, 0.4) is 0 Å². The van der Waals surface area contributed by atoms with Gasteiger partial charge in [0.15, 0.2) is 0 Å². The largest absolute Gasteiger partial charge is 0.382 e. The molecule has 0 bridgehead atoms. The second-order valence-corrected chi connectivity index (χ2v) is 8.27. The molecule has 10 heteroatoms. The second-order valence-electron chi connectivity index (χ2n) is 6.72. The smallest absolute Gasteiger partial charge is 0.292 e. The van der Waals surface area contributed by atoms with Crippen LogP contribution in [0.1, 0.15) is 28.4 Å². The van der Waals surface area contributed by atoms with Gasteiger partial charge in [-0.25, -0.2) is 4.98 Å². The molecule has 0 saturated heterocycles. The Morgan fingerprint density at radius 2 is 2.00 bits per heavy atom. The summed E-state index contributed by atoms with van der Waals surface area (Å²) < 4.78 is 1.12. The molecule has 0 radical (unpaired) electrons. The number of nitrogens with one attached hydrogen (secondary N) is 1. The molecule has 2 heterocycles. The van der Waals surface area contributed by atoms with Crippen molar-refractivity contribution in [2.75, 3.05) is 11.9 Å². The number of hydrogen-bond acceptors (Lipinski definition) is 7. The molecule has 1 aliphatic carbocycles. The van der Waals surface area contributed by atoms with E-state index in [2.05, 4.69) is 10.4 Å². The van der Waals surface area contributed by atoms with Crippen molar-refractivity contribution >= 4 is 34.3 Å². The lowest BCUT2D eigenvalue weighted by Gasteiger charge is -2.09. The average molecular weight is 432 g/mol. The highest BCUT2D eigenvalue weighted by Gasteiger charge is 2.15. The van der Waals surface area contributed by atoms with Gasteiger partial charge in [-0.3, -0.25) is 14.9 Å². The molecule has 1 aliphatic rings. The number of aromatic nitrogens is 3. The van der Waals surface area contributed by atoms with Gasteiger partial charge in [-0.15, -0.1) is 11.3 Å². The summed E-state index contributed by atoms with van der Waals surface area (Å²) >= 11 is 8.00. The molecule has 1 aromatic carbocycles. The number of nitro groups is 1. The van der Waals surface area contributed by atoms with E-state index in [0.29, 0.717) is 17.9 Å². The first-order valence-corrected chi connectivity index (χ1v) is 10.5. The predicted octanol–water partition coefficient (Wildman–Crippen LogP) is 3.78.